The Bertz CT molecular complexity index is 1400. The summed E-state index contributed by atoms with van der Waals surface area (Å²) in [6.07, 6.45) is 3.51. The van der Waals surface area contributed by atoms with Crippen LogP contribution in [-0.4, -0.2) is 42.8 Å². The SMILES string of the molecule is COc1ccc(C(=O)NCCCc2nc3ccccc3n2CCCCOc2ccc(C(C)(C)C)cc2)cc1OC. The third-order valence-corrected chi connectivity index (χ3v) is 7.01. The highest BCUT2D eigenvalue weighted by atomic mass is 16.5. The molecule has 7 heteroatoms. The number of rotatable bonds is 13. The van der Waals surface area contributed by atoms with Gasteiger partial charge in [-0.2, -0.15) is 0 Å². The summed E-state index contributed by atoms with van der Waals surface area (Å²) < 4.78 is 18.9. The van der Waals surface area contributed by atoms with Gasteiger partial charge in [0.1, 0.15) is 11.6 Å². The number of aryl methyl sites for hydroxylation is 2. The molecule has 4 rings (SSSR count). The van der Waals surface area contributed by atoms with E-state index in [0.29, 0.717) is 30.2 Å². The van der Waals surface area contributed by atoms with Crippen LogP contribution in [0, 0.1) is 0 Å². The van der Waals surface area contributed by atoms with E-state index in [9.17, 15) is 4.79 Å². The molecule has 0 aliphatic heterocycles. The van der Waals surface area contributed by atoms with Gasteiger partial charge in [0.15, 0.2) is 11.5 Å². The van der Waals surface area contributed by atoms with Gasteiger partial charge in [-0.25, -0.2) is 4.98 Å². The van der Waals surface area contributed by atoms with E-state index in [4.69, 9.17) is 19.2 Å². The molecule has 0 saturated heterocycles. The zero-order valence-electron chi connectivity index (χ0n) is 24.3. The highest BCUT2D eigenvalue weighted by Crippen LogP contribution is 2.27. The number of carbonyl (C=O) groups is 1. The van der Waals surface area contributed by atoms with Crippen LogP contribution in [0.3, 0.4) is 0 Å². The number of hydrogen-bond donors (Lipinski definition) is 1. The molecule has 0 unspecified atom stereocenters. The van der Waals surface area contributed by atoms with Gasteiger partial charge in [-0.3, -0.25) is 4.79 Å². The van der Waals surface area contributed by atoms with Crippen molar-refractivity contribution < 1.29 is 19.0 Å². The lowest BCUT2D eigenvalue weighted by Gasteiger charge is -2.19. The van der Waals surface area contributed by atoms with E-state index in [1.165, 1.54) is 5.56 Å². The minimum absolute atomic E-state index is 0.137. The van der Waals surface area contributed by atoms with Crippen LogP contribution < -0.4 is 19.5 Å². The normalized spacial score (nSPS) is 11.4. The molecular weight excluding hydrogens is 502 g/mol. The number of hydrogen-bond acceptors (Lipinski definition) is 5. The van der Waals surface area contributed by atoms with Crippen molar-refractivity contribution in [1.29, 1.82) is 0 Å². The summed E-state index contributed by atoms with van der Waals surface area (Å²) in [6, 6.07) is 21.8. The number of carbonyl (C=O) groups excluding carboxylic acids is 1. The fraction of sp³-hybridized carbons (Fsp3) is 0.394. The van der Waals surface area contributed by atoms with Gasteiger partial charge in [-0.1, -0.05) is 45.0 Å². The number of nitrogens with zero attached hydrogens (tertiary/aromatic N) is 2. The Morgan fingerprint density at radius 1 is 0.900 bits per heavy atom. The van der Waals surface area contributed by atoms with Crippen molar-refractivity contribution in [1.82, 2.24) is 14.9 Å². The second kappa shape index (κ2) is 13.4. The van der Waals surface area contributed by atoms with Crippen LogP contribution in [0.5, 0.6) is 17.2 Å². The van der Waals surface area contributed by atoms with Gasteiger partial charge in [-0.15, -0.1) is 0 Å². The maximum Gasteiger partial charge on any atom is 0.251 e. The molecular formula is C33H41N3O4. The molecule has 0 aliphatic carbocycles. The van der Waals surface area contributed by atoms with Gasteiger partial charge in [0, 0.05) is 25.1 Å². The van der Waals surface area contributed by atoms with Gasteiger partial charge < -0.3 is 24.1 Å². The van der Waals surface area contributed by atoms with Gasteiger partial charge in [0.05, 0.1) is 31.9 Å². The van der Waals surface area contributed by atoms with Crippen molar-refractivity contribution in [2.24, 2.45) is 0 Å². The molecule has 0 aliphatic rings. The van der Waals surface area contributed by atoms with Crippen LogP contribution in [0.15, 0.2) is 66.7 Å². The lowest BCUT2D eigenvalue weighted by molar-refractivity contribution is 0.0952. The maximum atomic E-state index is 12.7. The van der Waals surface area contributed by atoms with E-state index < -0.39 is 0 Å². The van der Waals surface area contributed by atoms with Crippen molar-refractivity contribution >= 4 is 16.9 Å². The van der Waals surface area contributed by atoms with Crippen molar-refractivity contribution in [2.45, 2.75) is 58.4 Å². The molecule has 0 radical (unpaired) electrons. The molecule has 0 bridgehead atoms. The Hall–Kier alpha value is -4.00. The number of para-hydroxylation sites is 2. The Morgan fingerprint density at radius 2 is 1.65 bits per heavy atom. The van der Waals surface area contributed by atoms with E-state index in [-0.39, 0.29) is 11.3 Å². The fourth-order valence-corrected chi connectivity index (χ4v) is 4.71. The molecule has 0 saturated carbocycles. The first-order chi connectivity index (χ1) is 19.3. The third kappa shape index (κ3) is 7.34. The number of benzene rings is 3. The molecule has 0 fully saturated rings. The third-order valence-electron chi connectivity index (χ3n) is 7.01. The molecule has 1 heterocycles. The van der Waals surface area contributed by atoms with E-state index in [0.717, 1.165) is 54.8 Å². The lowest BCUT2D eigenvalue weighted by Crippen LogP contribution is -2.25. The largest absolute Gasteiger partial charge is 0.494 e. The zero-order chi connectivity index (χ0) is 28.5. The fourth-order valence-electron chi connectivity index (χ4n) is 4.71. The van der Waals surface area contributed by atoms with Gasteiger partial charge in [0.25, 0.3) is 5.91 Å². The van der Waals surface area contributed by atoms with Crippen LogP contribution in [0.4, 0.5) is 0 Å². The van der Waals surface area contributed by atoms with Gasteiger partial charge in [0.2, 0.25) is 0 Å². The number of ether oxygens (including phenoxy) is 3. The monoisotopic (exact) mass is 543 g/mol. The van der Waals surface area contributed by atoms with Crippen LogP contribution in [0.1, 0.15) is 61.8 Å². The molecule has 1 N–H and O–H groups in total. The molecule has 40 heavy (non-hydrogen) atoms. The van der Waals surface area contributed by atoms with E-state index >= 15 is 0 Å². The number of methoxy groups -OCH3 is 2. The number of unbranched alkanes of at least 4 members (excludes halogenated alkanes) is 1. The first kappa shape index (κ1) is 29.0. The van der Waals surface area contributed by atoms with Crippen LogP contribution in [0.2, 0.25) is 0 Å². The van der Waals surface area contributed by atoms with Crippen LogP contribution in [0.25, 0.3) is 11.0 Å². The first-order valence-electron chi connectivity index (χ1n) is 14.0. The second-order valence-corrected chi connectivity index (χ2v) is 10.9. The predicted molar refractivity (Wildman–Crippen MR) is 160 cm³/mol. The molecule has 1 aromatic heterocycles. The minimum Gasteiger partial charge on any atom is -0.494 e. The Labute approximate surface area is 237 Å². The Balaban J connectivity index is 1.28. The van der Waals surface area contributed by atoms with Crippen LogP contribution >= 0.6 is 0 Å². The number of amides is 1. The summed E-state index contributed by atoms with van der Waals surface area (Å²) in [5, 5.41) is 3.01. The van der Waals surface area contributed by atoms with Crippen molar-refractivity contribution in [3.63, 3.8) is 0 Å². The van der Waals surface area contributed by atoms with Gasteiger partial charge >= 0.3 is 0 Å². The number of fused-ring (bicyclic) bond motifs is 1. The minimum atomic E-state index is -0.137. The Morgan fingerprint density at radius 3 is 2.38 bits per heavy atom. The lowest BCUT2D eigenvalue weighted by atomic mass is 9.87. The molecule has 212 valence electrons. The average molecular weight is 544 g/mol. The molecule has 4 aromatic rings. The Kier molecular flexibility index (Phi) is 9.70. The van der Waals surface area contributed by atoms with E-state index in [2.05, 4.69) is 73.1 Å². The smallest absolute Gasteiger partial charge is 0.251 e. The highest BCUT2D eigenvalue weighted by molar-refractivity contribution is 5.94. The molecule has 0 spiro atoms. The van der Waals surface area contributed by atoms with E-state index in [1.807, 2.05) is 6.07 Å². The maximum absolute atomic E-state index is 12.7. The number of aromatic nitrogens is 2. The highest BCUT2D eigenvalue weighted by Gasteiger charge is 2.14. The summed E-state index contributed by atoms with van der Waals surface area (Å²) in [5.74, 6) is 2.95. The number of nitrogens with one attached hydrogen (secondary N) is 1. The predicted octanol–water partition coefficient (Wildman–Crippen LogP) is 6.57. The standard InChI is InChI=1S/C33H41N3O4/c1-33(2,3)25-15-17-26(18-16-25)40-22-9-8-21-36-28-12-7-6-11-27(28)35-31(36)13-10-20-34-32(37)24-14-19-29(38-4)30(23-24)39-5/h6-7,11-12,14-19,23H,8-10,13,20-22H2,1-5H3,(H,34,37). The second-order valence-electron chi connectivity index (χ2n) is 10.9. The molecule has 3 aromatic carbocycles. The zero-order valence-corrected chi connectivity index (χ0v) is 24.3. The van der Waals surface area contributed by atoms with Crippen molar-refractivity contribution in [3.05, 3.63) is 83.7 Å². The van der Waals surface area contributed by atoms with Crippen LogP contribution in [-0.2, 0) is 18.4 Å². The molecule has 7 nitrogen and oxygen atoms in total. The summed E-state index contributed by atoms with van der Waals surface area (Å²) in [5.41, 5.74) is 4.13. The van der Waals surface area contributed by atoms with E-state index in [1.54, 1.807) is 32.4 Å². The topological polar surface area (TPSA) is 74.6 Å². The summed E-state index contributed by atoms with van der Waals surface area (Å²) in [4.78, 5) is 17.5. The van der Waals surface area contributed by atoms with Crippen molar-refractivity contribution in [2.75, 3.05) is 27.4 Å². The van der Waals surface area contributed by atoms with Crippen molar-refractivity contribution in [3.8, 4) is 17.2 Å². The summed E-state index contributed by atoms with van der Waals surface area (Å²) in [7, 11) is 3.13. The average Bonchev–Trinajstić information content (AvgIpc) is 3.31. The number of imidazole rings is 1. The first-order valence-corrected chi connectivity index (χ1v) is 14.0. The molecule has 1 amide bonds. The quantitative estimate of drug-likeness (QED) is 0.193. The summed E-state index contributed by atoms with van der Waals surface area (Å²) in [6.45, 7) is 8.75. The summed E-state index contributed by atoms with van der Waals surface area (Å²) >= 11 is 0. The molecule has 0 atom stereocenters. The van der Waals surface area contributed by atoms with Gasteiger partial charge in [-0.05, 0) is 72.7 Å².